The third-order valence-corrected chi connectivity index (χ3v) is 6.58. The van der Waals surface area contributed by atoms with Crippen LogP contribution in [-0.2, 0) is 6.18 Å². The normalized spacial score (nSPS) is 17.2. The van der Waals surface area contributed by atoms with E-state index in [0.29, 0.717) is 23.2 Å². The molecule has 2 heterocycles. The van der Waals surface area contributed by atoms with Crippen molar-refractivity contribution in [3.8, 4) is 17.5 Å². The maximum absolute atomic E-state index is 13.5. The number of nitrogens with two attached hydrogens (primary N) is 1. The fourth-order valence-corrected chi connectivity index (χ4v) is 4.78. The second-order valence-corrected chi connectivity index (χ2v) is 9.03. The average molecular weight is 472 g/mol. The molecule has 1 aromatic heterocycles. The van der Waals surface area contributed by atoms with Crippen molar-refractivity contribution in [3.05, 3.63) is 57.5 Å². The number of carbonyl (C=O) groups excluding carboxylic acids is 1. The molecule has 0 atom stereocenters. The Balaban J connectivity index is 1.84. The smallest absolute Gasteiger partial charge is 0.370 e. The van der Waals surface area contributed by atoms with E-state index in [1.165, 1.54) is 6.42 Å². The minimum Gasteiger partial charge on any atom is -0.370 e. The predicted octanol–water partition coefficient (Wildman–Crippen LogP) is 4.88. The number of anilines is 1. The first-order valence-corrected chi connectivity index (χ1v) is 11.8. The summed E-state index contributed by atoms with van der Waals surface area (Å²) >= 11 is 0. The molecule has 8 heteroatoms. The summed E-state index contributed by atoms with van der Waals surface area (Å²) in [6.45, 7) is 1.55. The number of halogens is 3. The zero-order valence-electron chi connectivity index (χ0n) is 19.0. The molecule has 2 aromatic rings. The number of hydrogen-bond donors (Lipinski definition) is 1. The third kappa shape index (κ3) is 5.30. The maximum Gasteiger partial charge on any atom is 0.417 e. The van der Waals surface area contributed by atoms with Gasteiger partial charge in [0.1, 0.15) is 0 Å². The summed E-state index contributed by atoms with van der Waals surface area (Å²) in [7, 11) is 0. The molecule has 1 aliphatic carbocycles. The molecule has 0 spiro atoms. The molecule has 1 aromatic carbocycles. The number of alkyl halides is 3. The first kappa shape index (κ1) is 23.9. The van der Waals surface area contributed by atoms with Gasteiger partial charge in [0, 0.05) is 36.8 Å². The molecule has 180 valence electrons. The van der Waals surface area contributed by atoms with Crippen molar-refractivity contribution in [3.63, 3.8) is 0 Å². The fraction of sp³-hybridized carbons (Fsp3) is 0.462. The number of rotatable bonds is 3. The van der Waals surface area contributed by atoms with Crippen LogP contribution in [0.2, 0.25) is 0 Å². The largest absolute Gasteiger partial charge is 0.417 e. The summed E-state index contributed by atoms with van der Waals surface area (Å²) in [5, 5.41) is 0. The van der Waals surface area contributed by atoms with Gasteiger partial charge in [-0.2, -0.15) is 13.2 Å². The fourth-order valence-electron chi connectivity index (χ4n) is 4.78. The molecule has 0 bridgehead atoms. The zero-order chi connectivity index (χ0) is 24.3. The molecule has 2 aliphatic rings. The van der Waals surface area contributed by atoms with E-state index in [0.717, 1.165) is 74.5 Å². The SMILES string of the molecule is NC(=O)c1cn(-c2cc(C#CC3CCCCC3)ccc2N2CCCCC2)c(=O)cc1C(F)(F)F. The standard InChI is InChI=1S/C26H28F3N3O2/c27-26(28,29)21-16-24(33)32(17-20(21)25(30)34)23-15-19(10-9-18-7-3-1-4-8-18)11-12-22(23)31-13-5-2-6-14-31/h11-12,15-18H,1-8,13-14H2,(H2,30,34). The highest BCUT2D eigenvalue weighted by Gasteiger charge is 2.36. The van der Waals surface area contributed by atoms with E-state index in [4.69, 9.17) is 5.73 Å². The first-order valence-electron chi connectivity index (χ1n) is 11.8. The van der Waals surface area contributed by atoms with Gasteiger partial charge in [-0.3, -0.25) is 14.2 Å². The molecule has 1 aliphatic heterocycles. The lowest BCUT2D eigenvalue weighted by atomic mass is 9.89. The summed E-state index contributed by atoms with van der Waals surface area (Å²) in [5.41, 5.74) is 4.11. The quantitative estimate of drug-likeness (QED) is 0.649. The Hall–Kier alpha value is -3.21. The van der Waals surface area contributed by atoms with E-state index in [9.17, 15) is 22.8 Å². The number of primary amides is 1. The van der Waals surface area contributed by atoms with Crippen LogP contribution in [0.3, 0.4) is 0 Å². The number of aromatic nitrogens is 1. The number of pyridine rings is 1. The summed E-state index contributed by atoms with van der Waals surface area (Å²) in [6.07, 6.45) is 4.78. The van der Waals surface area contributed by atoms with Gasteiger partial charge in [-0.05, 0) is 50.3 Å². The summed E-state index contributed by atoms with van der Waals surface area (Å²) < 4.78 is 41.4. The van der Waals surface area contributed by atoms with E-state index < -0.39 is 28.8 Å². The monoisotopic (exact) mass is 471 g/mol. The molecule has 0 radical (unpaired) electrons. The lowest BCUT2D eigenvalue weighted by Crippen LogP contribution is -2.32. The Morgan fingerprint density at radius 3 is 2.29 bits per heavy atom. The van der Waals surface area contributed by atoms with Crippen LogP contribution < -0.4 is 16.2 Å². The summed E-state index contributed by atoms with van der Waals surface area (Å²) in [4.78, 5) is 26.9. The molecular weight excluding hydrogens is 443 g/mol. The highest BCUT2D eigenvalue weighted by atomic mass is 19.4. The molecule has 4 rings (SSSR count). The third-order valence-electron chi connectivity index (χ3n) is 6.58. The maximum atomic E-state index is 13.5. The van der Waals surface area contributed by atoms with Crippen LogP contribution in [0, 0.1) is 17.8 Å². The van der Waals surface area contributed by atoms with Gasteiger partial charge in [0.2, 0.25) is 0 Å². The number of amides is 1. The molecule has 2 N–H and O–H groups in total. The topological polar surface area (TPSA) is 68.3 Å². The van der Waals surface area contributed by atoms with E-state index in [1.807, 2.05) is 12.1 Å². The van der Waals surface area contributed by atoms with Crippen molar-refractivity contribution in [2.24, 2.45) is 11.7 Å². The van der Waals surface area contributed by atoms with Crippen molar-refractivity contribution in [2.45, 2.75) is 57.5 Å². The summed E-state index contributed by atoms with van der Waals surface area (Å²) in [6, 6.07) is 5.91. The molecular formula is C26H28F3N3O2. The van der Waals surface area contributed by atoms with Crippen molar-refractivity contribution < 1.29 is 18.0 Å². The van der Waals surface area contributed by atoms with Crippen LogP contribution in [0.25, 0.3) is 5.69 Å². The number of benzene rings is 1. The molecule has 1 amide bonds. The van der Waals surface area contributed by atoms with Gasteiger partial charge in [0.15, 0.2) is 0 Å². The highest BCUT2D eigenvalue weighted by Crippen LogP contribution is 2.33. The number of piperidine rings is 1. The van der Waals surface area contributed by atoms with E-state index >= 15 is 0 Å². The first-order chi connectivity index (χ1) is 16.2. The second kappa shape index (κ2) is 9.96. The molecule has 2 fully saturated rings. The van der Waals surface area contributed by atoms with Crippen LogP contribution >= 0.6 is 0 Å². The minimum absolute atomic E-state index is 0.328. The molecule has 34 heavy (non-hydrogen) atoms. The van der Waals surface area contributed by atoms with Gasteiger partial charge in [-0.15, -0.1) is 0 Å². The lowest BCUT2D eigenvalue weighted by Gasteiger charge is -2.31. The Bertz CT molecular complexity index is 1180. The predicted molar refractivity (Wildman–Crippen MR) is 125 cm³/mol. The van der Waals surface area contributed by atoms with Gasteiger partial charge in [0.05, 0.1) is 22.5 Å². The van der Waals surface area contributed by atoms with Crippen LogP contribution in [0.5, 0.6) is 0 Å². The minimum atomic E-state index is -4.87. The van der Waals surface area contributed by atoms with Gasteiger partial charge in [0.25, 0.3) is 11.5 Å². The van der Waals surface area contributed by atoms with Gasteiger partial charge in [-0.1, -0.05) is 31.1 Å². The van der Waals surface area contributed by atoms with Gasteiger partial charge in [-0.25, -0.2) is 0 Å². The highest BCUT2D eigenvalue weighted by molar-refractivity contribution is 5.94. The number of nitrogens with zero attached hydrogens (tertiary/aromatic N) is 2. The van der Waals surface area contributed by atoms with Crippen molar-refractivity contribution in [1.82, 2.24) is 4.57 Å². The molecule has 1 saturated carbocycles. The molecule has 5 nitrogen and oxygen atoms in total. The Morgan fingerprint density at radius 2 is 1.65 bits per heavy atom. The second-order valence-electron chi connectivity index (χ2n) is 9.03. The Labute approximate surface area is 196 Å². The van der Waals surface area contributed by atoms with E-state index in [-0.39, 0.29) is 0 Å². The average Bonchev–Trinajstić information content (AvgIpc) is 2.83. The molecule has 1 saturated heterocycles. The van der Waals surface area contributed by atoms with Gasteiger partial charge >= 0.3 is 6.18 Å². The lowest BCUT2D eigenvalue weighted by molar-refractivity contribution is -0.138. The van der Waals surface area contributed by atoms with E-state index in [2.05, 4.69) is 16.7 Å². The van der Waals surface area contributed by atoms with Crippen molar-refractivity contribution in [2.75, 3.05) is 18.0 Å². The van der Waals surface area contributed by atoms with Crippen LogP contribution in [0.4, 0.5) is 18.9 Å². The van der Waals surface area contributed by atoms with Crippen molar-refractivity contribution >= 4 is 11.6 Å². The number of hydrogen-bond acceptors (Lipinski definition) is 3. The summed E-state index contributed by atoms with van der Waals surface area (Å²) in [5.74, 6) is 5.59. The van der Waals surface area contributed by atoms with Crippen LogP contribution in [0.15, 0.2) is 35.3 Å². The van der Waals surface area contributed by atoms with Crippen LogP contribution in [-0.4, -0.2) is 23.6 Å². The van der Waals surface area contributed by atoms with Crippen molar-refractivity contribution in [1.29, 1.82) is 0 Å². The zero-order valence-corrected chi connectivity index (χ0v) is 19.0. The van der Waals surface area contributed by atoms with Gasteiger partial charge < -0.3 is 10.6 Å². The van der Waals surface area contributed by atoms with E-state index in [1.54, 1.807) is 6.07 Å². The molecule has 0 unspecified atom stereocenters. The van der Waals surface area contributed by atoms with Crippen LogP contribution in [0.1, 0.15) is 72.9 Å². The Morgan fingerprint density at radius 1 is 0.971 bits per heavy atom. The number of carbonyl (C=O) groups is 1. The Kier molecular flexibility index (Phi) is 7.01.